The van der Waals surface area contributed by atoms with Gasteiger partial charge in [0.2, 0.25) is 0 Å². The number of aromatic carboxylic acids is 1. The van der Waals surface area contributed by atoms with E-state index in [1.807, 2.05) is 6.07 Å². The number of aromatic nitrogens is 2. The van der Waals surface area contributed by atoms with E-state index in [-0.39, 0.29) is 18.7 Å². The van der Waals surface area contributed by atoms with Crippen LogP contribution in [0.1, 0.15) is 21.5 Å². The van der Waals surface area contributed by atoms with E-state index >= 15 is 0 Å². The standard InChI is InChI=1S/C29H22ClF4N3O5S/c30-21-8-7-17(27(38)39)13-18(21)15-36-16-19(14-35-36)20-3-1-5-23-26(20)43-12-9-37(23)28(40)42-11-10-41-24-6-2-4-22(31)25(24)29(32,33)34/h1-8,13-14,16H,9-12,15H2,(H,38,39). The number of rotatable bonds is 8. The van der Waals surface area contributed by atoms with Crippen LogP contribution in [0.3, 0.4) is 0 Å². The number of carboxylic acid groups (broad SMARTS) is 1. The molecule has 0 aliphatic carbocycles. The molecule has 4 aromatic rings. The lowest BCUT2D eigenvalue weighted by Crippen LogP contribution is -2.36. The van der Waals surface area contributed by atoms with Crippen LogP contribution in [0.5, 0.6) is 5.75 Å². The van der Waals surface area contributed by atoms with Crippen molar-refractivity contribution in [1.82, 2.24) is 9.78 Å². The number of hydrogen-bond acceptors (Lipinski definition) is 6. The lowest BCUT2D eigenvalue weighted by Gasteiger charge is -2.29. The van der Waals surface area contributed by atoms with Gasteiger partial charge in [0.25, 0.3) is 0 Å². The number of carboxylic acids is 1. The largest absolute Gasteiger partial charge is 0.489 e. The molecule has 2 heterocycles. The van der Waals surface area contributed by atoms with Gasteiger partial charge in [-0.05, 0) is 42.0 Å². The van der Waals surface area contributed by atoms with Gasteiger partial charge in [0, 0.05) is 39.5 Å². The summed E-state index contributed by atoms with van der Waals surface area (Å²) in [4.78, 5) is 26.5. The Hall–Kier alpha value is -4.23. The van der Waals surface area contributed by atoms with E-state index in [2.05, 4.69) is 5.10 Å². The van der Waals surface area contributed by atoms with E-state index in [9.17, 15) is 32.3 Å². The Kier molecular flexibility index (Phi) is 8.83. The first-order valence-corrected chi connectivity index (χ1v) is 14.1. The second-order valence-electron chi connectivity index (χ2n) is 9.27. The topological polar surface area (TPSA) is 93.9 Å². The molecule has 0 atom stereocenters. The van der Waals surface area contributed by atoms with Crippen LogP contribution in [-0.4, -0.2) is 52.5 Å². The van der Waals surface area contributed by atoms with Gasteiger partial charge >= 0.3 is 18.2 Å². The Balaban J connectivity index is 1.27. The van der Waals surface area contributed by atoms with Crippen LogP contribution in [0.4, 0.5) is 28.0 Å². The van der Waals surface area contributed by atoms with E-state index < -0.39 is 42.0 Å². The first-order valence-electron chi connectivity index (χ1n) is 12.8. The molecule has 0 unspecified atom stereocenters. The van der Waals surface area contributed by atoms with Crippen molar-refractivity contribution in [2.75, 3.05) is 30.4 Å². The van der Waals surface area contributed by atoms with E-state index in [4.69, 9.17) is 21.1 Å². The fourth-order valence-electron chi connectivity index (χ4n) is 4.52. The smallest absolute Gasteiger partial charge is 0.422 e. The maximum atomic E-state index is 13.8. The zero-order valence-electron chi connectivity index (χ0n) is 22.1. The van der Waals surface area contributed by atoms with Crippen molar-refractivity contribution in [3.63, 3.8) is 0 Å². The maximum absolute atomic E-state index is 13.8. The highest BCUT2D eigenvalue weighted by Crippen LogP contribution is 2.42. The van der Waals surface area contributed by atoms with Crippen LogP contribution in [0.2, 0.25) is 5.02 Å². The molecule has 224 valence electrons. The first-order chi connectivity index (χ1) is 20.5. The van der Waals surface area contributed by atoms with E-state index in [0.717, 1.165) is 28.2 Å². The molecule has 0 saturated heterocycles. The predicted octanol–water partition coefficient (Wildman–Crippen LogP) is 7.24. The summed E-state index contributed by atoms with van der Waals surface area (Å²) < 4.78 is 65.3. The lowest BCUT2D eigenvalue weighted by atomic mass is 10.1. The van der Waals surface area contributed by atoms with Crippen molar-refractivity contribution in [1.29, 1.82) is 0 Å². The molecule has 1 aromatic heterocycles. The Morgan fingerprint density at radius 3 is 2.65 bits per heavy atom. The first kappa shape index (κ1) is 30.2. The summed E-state index contributed by atoms with van der Waals surface area (Å²) in [5.41, 5.74) is 1.34. The van der Waals surface area contributed by atoms with E-state index in [1.165, 1.54) is 23.1 Å². The summed E-state index contributed by atoms with van der Waals surface area (Å²) in [6, 6.07) is 12.6. The molecule has 43 heavy (non-hydrogen) atoms. The summed E-state index contributed by atoms with van der Waals surface area (Å²) in [5.74, 6) is -2.66. The quantitative estimate of drug-likeness (QED) is 0.161. The Morgan fingerprint density at radius 1 is 1.09 bits per heavy atom. The number of nitrogens with zero attached hydrogens (tertiary/aromatic N) is 3. The molecular formula is C29H22ClF4N3O5S. The monoisotopic (exact) mass is 635 g/mol. The molecule has 5 rings (SSSR count). The molecule has 1 aliphatic heterocycles. The highest BCUT2D eigenvalue weighted by atomic mass is 35.5. The summed E-state index contributed by atoms with van der Waals surface area (Å²) in [5, 5.41) is 14.1. The van der Waals surface area contributed by atoms with Crippen molar-refractivity contribution < 1.29 is 41.7 Å². The molecule has 0 bridgehead atoms. The third-order valence-electron chi connectivity index (χ3n) is 6.46. The number of halogens is 5. The average Bonchev–Trinajstić information content (AvgIpc) is 3.43. The third-order valence-corrected chi connectivity index (χ3v) is 7.93. The van der Waals surface area contributed by atoms with Crippen molar-refractivity contribution in [3.8, 4) is 16.9 Å². The zero-order valence-corrected chi connectivity index (χ0v) is 23.7. The Morgan fingerprint density at radius 2 is 1.88 bits per heavy atom. The molecule has 0 radical (unpaired) electrons. The second-order valence-corrected chi connectivity index (χ2v) is 10.8. The predicted molar refractivity (Wildman–Crippen MR) is 151 cm³/mol. The third kappa shape index (κ3) is 6.73. The fraction of sp³-hybridized carbons (Fsp3) is 0.207. The van der Waals surface area contributed by atoms with Gasteiger partial charge in [-0.1, -0.05) is 29.8 Å². The minimum absolute atomic E-state index is 0.110. The highest BCUT2D eigenvalue weighted by Gasteiger charge is 2.38. The van der Waals surface area contributed by atoms with Crippen molar-refractivity contribution in [3.05, 3.63) is 94.5 Å². The number of fused-ring (bicyclic) bond motifs is 1. The molecule has 0 saturated carbocycles. The highest BCUT2D eigenvalue weighted by molar-refractivity contribution is 7.99. The number of anilines is 1. The van der Waals surface area contributed by atoms with Gasteiger partial charge in [0.15, 0.2) is 0 Å². The molecule has 14 heteroatoms. The van der Waals surface area contributed by atoms with E-state index in [0.29, 0.717) is 34.6 Å². The Bertz CT molecular complexity index is 1680. The zero-order chi connectivity index (χ0) is 30.7. The van der Waals surface area contributed by atoms with Gasteiger partial charge in [-0.2, -0.15) is 18.3 Å². The number of ether oxygens (including phenoxy) is 2. The van der Waals surface area contributed by atoms with Gasteiger partial charge in [-0.25, -0.2) is 14.0 Å². The number of benzene rings is 3. The number of carbonyl (C=O) groups excluding carboxylic acids is 1. The van der Waals surface area contributed by atoms with Crippen molar-refractivity contribution in [2.45, 2.75) is 17.6 Å². The van der Waals surface area contributed by atoms with Gasteiger partial charge in [-0.15, -0.1) is 11.8 Å². The van der Waals surface area contributed by atoms with Crippen LogP contribution < -0.4 is 9.64 Å². The fourth-order valence-corrected chi connectivity index (χ4v) is 5.84. The van der Waals surface area contributed by atoms with Gasteiger partial charge in [-0.3, -0.25) is 9.58 Å². The molecule has 0 fully saturated rings. The molecule has 1 aliphatic rings. The van der Waals surface area contributed by atoms with Gasteiger partial charge in [0.05, 0.1) is 24.0 Å². The normalized spacial score (nSPS) is 13.0. The molecule has 1 N–H and O–H groups in total. The SMILES string of the molecule is O=C(O)c1ccc(Cl)c(Cn2cc(-c3cccc4c3SCCN4C(=O)OCCOc3cccc(F)c3C(F)(F)F)cn2)c1. The summed E-state index contributed by atoms with van der Waals surface area (Å²) >= 11 is 7.81. The van der Waals surface area contributed by atoms with Crippen LogP contribution in [0.15, 0.2) is 71.9 Å². The van der Waals surface area contributed by atoms with Gasteiger partial charge < -0.3 is 14.6 Å². The lowest BCUT2D eigenvalue weighted by molar-refractivity contribution is -0.141. The number of hydrogen-bond donors (Lipinski definition) is 1. The summed E-state index contributed by atoms with van der Waals surface area (Å²) in [6.07, 6.45) is -2.21. The van der Waals surface area contributed by atoms with Crippen LogP contribution >= 0.6 is 23.4 Å². The minimum atomic E-state index is -4.95. The molecule has 0 spiro atoms. The molecule has 8 nitrogen and oxygen atoms in total. The van der Waals surface area contributed by atoms with Crippen LogP contribution in [0, 0.1) is 5.82 Å². The molecule has 3 aromatic carbocycles. The molecule has 1 amide bonds. The summed E-state index contributed by atoms with van der Waals surface area (Å²) in [7, 11) is 0. The van der Waals surface area contributed by atoms with Crippen LogP contribution in [0.25, 0.3) is 11.1 Å². The number of carbonyl (C=O) groups is 2. The molecular weight excluding hydrogens is 614 g/mol. The number of thioether (sulfide) groups is 1. The van der Waals surface area contributed by atoms with Crippen LogP contribution in [-0.2, 0) is 17.5 Å². The minimum Gasteiger partial charge on any atom is -0.489 e. The van der Waals surface area contributed by atoms with Crippen molar-refractivity contribution >= 4 is 41.1 Å². The average molecular weight is 636 g/mol. The number of alkyl halides is 3. The van der Waals surface area contributed by atoms with Crippen molar-refractivity contribution in [2.24, 2.45) is 0 Å². The maximum Gasteiger partial charge on any atom is 0.422 e. The van der Waals surface area contributed by atoms with Gasteiger partial charge in [0.1, 0.15) is 30.3 Å². The number of amides is 1. The Labute approximate surface area is 251 Å². The second kappa shape index (κ2) is 12.6. The van der Waals surface area contributed by atoms with E-state index in [1.54, 1.807) is 41.0 Å². The summed E-state index contributed by atoms with van der Waals surface area (Å²) in [6.45, 7) is -0.195.